The maximum Gasteiger partial charge on any atom is 0.255 e. The number of hydrogen-bond donors (Lipinski definition) is 2. The third kappa shape index (κ3) is 2.89. The van der Waals surface area contributed by atoms with E-state index < -0.39 is 5.82 Å². The molecule has 0 unspecified atom stereocenters. The number of nitrogens with two attached hydrogens (primary N) is 1. The number of halogens is 1. The highest BCUT2D eigenvalue weighted by Gasteiger charge is 2.17. The Kier molecular flexibility index (Phi) is 3.97. The van der Waals surface area contributed by atoms with E-state index in [1.165, 1.54) is 18.2 Å². The van der Waals surface area contributed by atoms with Crippen molar-refractivity contribution in [3.8, 4) is 0 Å². The summed E-state index contributed by atoms with van der Waals surface area (Å²) in [6, 6.07) is 4.11. The highest BCUT2D eigenvalue weighted by atomic mass is 19.1. The second-order valence-corrected chi connectivity index (χ2v) is 5.27. The van der Waals surface area contributed by atoms with E-state index in [0.717, 1.165) is 11.4 Å². The van der Waals surface area contributed by atoms with Crippen LogP contribution in [-0.4, -0.2) is 15.7 Å². The standard InChI is InChI=1S/C15H19FN4O/c1-8(2)20-10(4)14(9(3)19-20)18-15(21)11-5-6-12(16)13(17)7-11/h5-8H,17H2,1-4H3,(H,18,21). The highest BCUT2D eigenvalue weighted by molar-refractivity contribution is 6.05. The number of carbonyl (C=O) groups is 1. The van der Waals surface area contributed by atoms with Gasteiger partial charge in [0.05, 0.1) is 22.8 Å². The van der Waals surface area contributed by atoms with Crippen LogP contribution in [0, 0.1) is 19.7 Å². The minimum atomic E-state index is -0.536. The van der Waals surface area contributed by atoms with E-state index in [-0.39, 0.29) is 17.6 Å². The molecule has 0 bridgehead atoms. The SMILES string of the molecule is Cc1nn(C(C)C)c(C)c1NC(=O)c1ccc(F)c(N)c1. The summed E-state index contributed by atoms with van der Waals surface area (Å²) in [7, 11) is 0. The van der Waals surface area contributed by atoms with Gasteiger partial charge in [-0.3, -0.25) is 9.48 Å². The summed E-state index contributed by atoms with van der Waals surface area (Å²) >= 11 is 0. The van der Waals surface area contributed by atoms with E-state index in [1.54, 1.807) is 0 Å². The van der Waals surface area contributed by atoms with Crippen molar-refractivity contribution in [2.75, 3.05) is 11.1 Å². The van der Waals surface area contributed by atoms with E-state index in [2.05, 4.69) is 10.4 Å². The van der Waals surface area contributed by atoms with Crippen LogP contribution < -0.4 is 11.1 Å². The van der Waals surface area contributed by atoms with Gasteiger partial charge in [-0.05, 0) is 45.9 Å². The van der Waals surface area contributed by atoms with Gasteiger partial charge in [0.1, 0.15) is 5.82 Å². The molecule has 0 saturated carbocycles. The molecule has 2 rings (SSSR count). The monoisotopic (exact) mass is 290 g/mol. The molecule has 112 valence electrons. The summed E-state index contributed by atoms with van der Waals surface area (Å²) in [5, 5.41) is 7.22. The molecule has 0 saturated heterocycles. The quantitative estimate of drug-likeness (QED) is 0.853. The molecule has 6 heteroatoms. The minimum absolute atomic E-state index is 0.0473. The summed E-state index contributed by atoms with van der Waals surface area (Å²) in [5.41, 5.74) is 8.05. The largest absolute Gasteiger partial charge is 0.396 e. The van der Waals surface area contributed by atoms with Gasteiger partial charge >= 0.3 is 0 Å². The van der Waals surface area contributed by atoms with Crippen LogP contribution in [0.25, 0.3) is 0 Å². The van der Waals surface area contributed by atoms with Gasteiger partial charge in [0, 0.05) is 11.6 Å². The van der Waals surface area contributed by atoms with Crippen molar-refractivity contribution in [3.63, 3.8) is 0 Å². The van der Waals surface area contributed by atoms with Crippen molar-refractivity contribution in [3.05, 3.63) is 41.0 Å². The molecule has 3 N–H and O–H groups in total. The number of aromatic nitrogens is 2. The Morgan fingerprint density at radius 1 is 1.38 bits per heavy atom. The number of nitrogens with one attached hydrogen (secondary N) is 1. The molecule has 1 aromatic heterocycles. The first-order chi connectivity index (χ1) is 9.81. The number of nitrogen functional groups attached to an aromatic ring is 1. The lowest BCUT2D eigenvalue weighted by atomic mass is 10.1. The van der Waals surface area contributed by atoms with Crippen LogP contribution in [0.1, 0.15) is 41.6 Å². The maximum atomic E-state index is 13.1. The Morgan fingerprint density at radius 2 is 2.05 bits per heavy atom. The van der Waals surface area contributed by atoms with E-state index in [1.807, 2.05) is 32.4 Å². The molecule has 5 nitrogen and oxygen atoms in total. The van der Waals surface area contributed by atoms with Crippen LogP contribution in [0.2, 0.25) is 0 Å². The van der Waals surface area contributed by atoms with Crippen LogP contribution in [0.4, 0.5) is 15.8 Å². The first kappa shape index (κ1) is 15.0. The third-order valence-electron chi connectivity index (χ3n) is 3.31. The number of anilines is 2. The number of aryl methyl sites for hydroxylation is 1. The van der Waals surface area contributed by atoms with Crippen molar-refractivity contribution in [1.29, 1.82) is 0 Å². The summed E-state index contributed by atoms with van der Waals surface area (Å²) in [6.07, 6.45) is 0. The van der Waals surface area contributed by atoms with Gasteiger partial charge in [-0.1, -0.05) is 0 Å². The fourth-order valence-corrected chi connectivity index (χ4v) is 2.22. The maximum absolute atomic E-state index is 13.1. The van der Waals surface area contributed by atoms with Crippen molar-refractivity contribution < 1.29 is 9.18 Å². The molecule has 0 aliphatic heterocycles. The van der Waals surface area contributed by atoms with Crippen molar-refractivity contribution in [2.24, 2.45) is 0 Å². The molecule has 0 aliphatic rings. The van der Waals surface area contributed by atoms with Gasteiger partial charge < -0.3 is 11.1 Å². The lowest BCUT2D eigenvalue weighted by Gasteiger charge is -2.09. The van der Waals surface area contributed by atoms with Crippen LogP contribution in [0.15, 0.2) is 18.2 Å². The zero-order valence-corrected chi connectivity index (χ0v) is 12.6. The average Bonchev–Trinajstić information content (AvgIpc) is 2.70. The number of rotatable bonds is 3. The Hall–Kier alpha value is -2.37. The number of amides is 1. The topological polar surface area (TPSA) is 72.9 Å². The minimum Gasteiger partial charge on any atom is -0.396 e. The van der Waals surface area contributed by atoms with Gasteiger partial charge in [-0.2, -0.15) is 5.10 Å². The summed E-state index contributed by atoms with van der Waals surface area (Å²) in [4.78, 5) is 12.2. The number of hydrogen-bond acceptors (Lipinski definition) is 3. The third-order valence-corrected chi connectivity index (χ3v) is 3.31. The predicted molar refractivity (Wildman–Crippen MR) is 80.9 cm³/mol. The molecule has 0 aliphatic carbocycles. The molecule has 21 heavy (non-hydrogen) atoms. The van der Waals surface area contributed by atoms with E-state index >= 15 is 0 Å². The van der Waals surface area contributed by atoms with E-state index in [4.69, 9.17) is 5.73 Å². The highest BCUT2D eigenvalue weighted by Crippen LogP contribution is 2.23. The number of carbonyl (C=O) groups excluding carboxylic acids is 1. The first-order valence-corrected chi connectivity index (χ1v) is 6.73. The van der Waals surface area contributed by atoms with Gasteiger partial charge in [-0.25, -0.2) is 4.39 Å². The zero-order chi connectivity index (χ0) is 15.7. The molecule has 0 radical (unpaired) electrons. The molecule has 1 aromatic carbocycles. The van der Waals surface area contributed by atoms with E-state index in [9.17, 15) is 9.18 Å². The predicted octanol–water partition coefficient (Wildman–Crippen LogP) is 3.05. The van der Waals surface area contributed by atoms with Crippen LogP contribution in [-0.2, 0) is 0 Å². The normalized spacial score (nSPS) is 11.0. The first-order valence-electron chi connectivity index (χ1n) is 6.73. The zero-order valence-electron chi connectivity index (χ0n) is 12.6. The molecule has 1 amide bonds. The summed E-state index contributed by atoms with van der Waals surface area (Å²) < 4.78 is 15.0. The molecular weight excluding hydrogens is 271 g/mol. The van der Waals surface area contributed by atoms with Crippen LogP contribution in [0.3, 0.4) is 0 Å². The average molecular weight is 290 g/mol. The van der Waals surface area contributed by atoms with Crippen LogP contribution >= 0.6 is 0 Å². The number of benzene rings is 1. The molecule has 2 aromatic rings. The summed E-state index contributed by atoms with van der Waals surface area (Å²) in [5.74, 6) is -0.872. The smallest absolute Gasteiger partial charge is 0.255 e. The molecule has 0 fully saturated rings. The van der Waals surface area contributed by atoms with Gasteiger partial charge in [0.2, 0.25) is 0 Å². The second kappa shape index (κ2) is 5.55. The Bertz CT molecular complexity index is 691. The summed E-state index contributed by atoms with van der Waals surface area (Å²) in [6.45, 7) is 7.77. The molecular formula is C15H19FN4O. The van der Waals surface area contributed by atoms with Gasteiger partial charge in [-0.15, -0.1) is 0 Å². The lowest BCUT2D eigenvalue weighted by molar-refractivity contribution is 0.102. The Balaban J connectivity index is 2.29. The van der Waals surface area contributed by atoms with E-state index in [0.29, 0.717) is 11.3 Å². The second-order valence-electron chi connectivity index (χ2n) is 5.27. The lowest BCUT2D eigenvalue weighted by Crippen LogP contribution is -2.14. The van der Waals surface area contributed by atoms with Gasteiger partial charge in [0.15, 0.2) is 0 Å². The van der Waals surface area contributed by atoms with Crippen LogP contribution in [0.5, 0.6) is 0 Å². The molecule has 0 spiro atoms. The van der Waals surface area contributed by atoms with Gasteiger partial charge in [0.25, 0.3) is 5.91 Å². The number of nitrogens with zero attached hydrogens (tertiary/aromatic N) is 2. The van der Waals surface area contributed by atoms with Crippen molar-refractivity contribution in [2.45, 2.75) is 33.7 Å². The fourth-order valence-electron chi connectivity index (χ4n) is 2.22. The molecule has 1 heterocycles. The van der Waals surface area contributed by atoms with Crippen molar-refractivity contribution in [1.82, 2.24) is 9.78 Å². The Morgan fingerprint density at radius 3 is 2.57 bits per heavy atom. The molecule has 0 atom stereocenters. The fraction of sp³-hybridized carbons (Fsp3) is 0.333. The Labute approximate surface area is 123 Å². The van der Waals surface area contributed by atoms with Crippen molar-refractivity contribution >= 4 is 17.3 Å².